The molecule has 0 saturated carbocycles. The van der Waals surface area contributed by atoms with Crippen molar-refractivity contribution in [1.29, 1.82) is 0 Å². The second-order valence-corrected chi connectivity index (χ2v) is 5.51. The normalized spacial score (nSPS) is 12.1. The van der Waals surface area contributed by atoms with E-state index in [1.165, 1.54) is 0 Å². The van der Waals surface area contributed by atoms with Gasteiger partial charge in [0, 0.05) is 24.3 Å². The maximum Gasteiger partial charge on any atom is 0.155 e. The molecule has 0 fully saturated rings. The monoisotopic (exact) mass is 336 g/mol. The number of benzene rings is 1. The van der Waals surface area contributed by atoms with E-state index in [0.29, 0.717) is 46.7 Å². The van der Waals surface area contributed by atoms with Gasteiger partial charge in [0.05, 0.1) is 11.7 Å². The van der Waals surface area contributed by atoms with Crippen molar-refractivity contribution < 1.29 is 14.4 Å². The van der Waals surface area contributed by atoms with Crippen molar-refractivity contribution in [2.75, 3.05) is 13.2 Å². The molecule has 7 heteroatoms. The van der Waals surface area contributed by atoms with Gasteiger partial charge in [-0.05, 0) is 36.4 Å². The summed E-state index contributed by atoms with van der Waals surface area (Å²) in [5, 5.41) is 13.8. The van der Waals surface area contributed by atoms with E-state index < -0.39 is 0 Å². The number of fused-ring (bicyclic) bond motifs is 2. The third-order valence-corrected chi connectivity index (χ3v) is 3.88. The molecule has 3 aromatic heterocycles. The van der Waals surface area contributed by atoms with Crippen molar-refractivity contribution in [1.82, 2.24) is 9.38 Å². The highest BCUT2D eigenvalue weighted by atomic mass is 16.5. The molecule has 0 aliphatic rings. The van der Waals surface area contributed by atoms with Gasteiger partial charge < -0.3 is 24.5 Å². The fourth-order valence-corrected chi connectivity index (χ4v) is 2.69. The molecule has 0 aliphatic carbocycles. The van der Waals surface area contributed by atoms with Crippen molar-refractivity contribution >= 4 is 16.5 Å². The lowest BCUT2D eigenvalue weighted by molar-refractivity contribution is 0.302. The lowest BCUT2D eigenvalue weighted by Gasteiger charge is -2.07. The molecular formula is C18H16N4O3. The van der Waals surface area contributed by atoms with Crippen molar-refractivity contribution in [3.05, 3.63) is 60.3 Å². The highest BCUT2D eigenvalue weighted by molar-refractivity contribution is 5.80. The topological polar surface area (TPSA) is 98.3 Å². The molecule has 7 nitrogen and oxygen atoms in total. The third-order valence-electron chi connectivity index (χ3n) is 3.88. The van der Waals surface area contributed by atoms with E-state index in [2.05, 4.69) is 10.1 Å². The Morgan fingerprint density at radius 3 is 3.00 bits per heavy atom. The fourth-order valence-electron chi connectivity index (χ4n) is 2.69. The molecule has 25 heavy (non-hydrogen) atoms. The molecular weight excluding hydrogens is 320 g/mol. The largest absolute Gasteiger partial charge is 0.492 e. The highest BCUT2D eigenvalue weighted by Crippen LogP contribution is 2.24. The van der Waals surface area contributed by atoms with Gasteiger partial charge in [-0.25, -0.2) is 4.98 Å². The third kappa shape index (κ3) is 2.81. The first-order valence-corrected chi connectivity index (χ1v) is 7.80. The molecule has 3 heterocycles. The average Bonchev–Trinajstić information content (AvgIpc) is 3.13. The van der Waals surface area contributed by atoms with Crippen LogP contribution in [0.5, 0.6) is 5.75 Å². The Bertz CT molecular complexity index is 1110. The summed E-state index contributed by atoms with van der Waals surface area (Å²) < 4.78 is 13.4. The Morgan fingerprint density at radius 2 is 2.16 bits per heavy atom. The Morgan fingerprint density at radius 1 is 1.24 bits per heavy atom. The van der Waals surface area contributed by atoms with Crippen LogP contribution in [-0.2, 0) is 0 Å². The second kappa shape index (κ2) is 6.29. The van der Waals surface area contributed by atoms with Gasteiger partial charge in [-0.1, -0.05) is 5.16 Å². The van der Waals surface area contributed by atoms with Gasteiger partial charge in [0.15, 0.2) is 5.76 Å². The van der Waals surface area contributed by atoms with Crippen molar-refractivity contribution in [2.24, 2.45) is 10.9 Å². The Labute approximate surface area is 142 Å². The molecule has 4 rings (SSSR count). The number of hydrogen-bond acceptors (Lipinski definition) is 6. The van der Waals surface area contributed by atoms with E-state index >= 15 is 0 Å². The van der Waals surface area contributed by atoms with Gasteiger partial charge in [0.1, 0.15) is 29.0 Å². The van der Waals surface area contributed by atoms with Crippen LogP contribution in [0.4, 0.5) is 0 Å². The van der Waals surface area contributed by atoms with Crippen LogP contribution in [0.1, 0.15) is 0 Å². The zero-order valence-electron chi connectivity index (χ0n) is 13.3. The van der Waals surface area contributed by atoms with Crippen LogP contribution in [0.15, 0.2) is 64.6 Å². The average molecular weight is 336 g/mol. The second-order valence-electron chi connectivity index (χ2n) is 5.51. The zero-order valence-corrected chi connectivity index (χ0v) is 13.3. The Balaban J connectivity index is 1.85. The summed E-state index contributed by atoms with van der Waals surface area (Å²) in [5.41, 5.74) is 7.67. The van der Waals surface area contributed by atoms with Crippen LogP contribution in [0.2, 0.25) is 0 Å². The molecule has 0 spiro atoms. The minimum Gasteiger partial charge on any atom is -0.492 e. The van der Waals surface area contributed by atoms with E-state index in [1.54, 1.807) is 30.6 Å². The quantitative estimate of drug-likeness (QED) is 0.440. The molecule has 0 unspecified atom stereocenters. The number of rotatable bonds is 4. The van der Waals surface area contributed by atoms with E-state index in [-0.39, 0.29) is 0 Å². The van der Waals surface area contributed by atoms with E-state index in [4.69, 9.17) is 14.9 Å². The maximum absolute atomic E-state index is 9.41. The van der Waals surface area contributed by atoms with Crippen molar-refractivity contribution in [3.8, 4) is 17.2 Å². The van der Waals surface area contributed by atoms with Gasteiger partial charge in [0.2, 0.25) is 0 Å². The standard InChI is InChI=1S/C18H16N4O3/c19-5-7-24-13-3-4-17-14(9-13)15(21-23)10-18(25-17)16-8-12-2-1-6-22(12)11-20-16/h1-4,6,8-11,23H,5,7,19H2/b21-15-. The van der Waals surface area contributed by atoms with E-state index in [0.717, 1.165) is 5.52 Å². The summed E-state index contributed by atoms with van der Waals surface area (Å²) in [6.07, 6.45) is 3.63. The summed E-state index contributed by atoms with van der Waals surface area (Å²) in [5.74, 6) is 1.15. The van der Waals surface area contributed by atoms with E-state index in [9.17, 15) is 5.21 Å². The van der Waals surface area contributed by atoms with Crippen LogP contribution in [0.3, 0.4) is 0 Å². The summed E-state index contributed by atoms with van der Waals surface area (Å²) in [4.78, 5) is 4.40. The van der Waals surface area contributed by atoms with Gasteiger partial charge in [-0.15, -0.1) is 0 Å². The van der Waals surface area contributed by atoms with Crippen LogP contribution in [0.25, 0.3) is 27.9 Å². The molecule has 0 bridgehead atoms. The lowest BCUT2D eigenvalue weighted by Crippen LogP contribution is -2.11. The number of nitrogens with two attached hydrogens (primary N) is 1. The SMILES string of the molecule is NCCOc1ccc2oc(-c3cc4cccn4cn3)c/c(=N/O)c2c1. The summed E-state index contributed by atoms with van der Waals surface area (Å²) >= 11 is 0. The first-order chi connectivity index (χ1) is 12.3. The van der Waals surface area contributed by atoms with Crippen molar-refractivity contribution in [2.45, 2.75) is 0 Å². The molecule has 126 valence electrons. The minimum absolute atomic E-state index is 0.381. The number of hydrogen-bond donors (Lipinski definition) is 2. The number of nitrogens with zero attached hydrogens (tertiary/aromatic N) is 3. The smallest absolute Gasteiger partial charge is 0.155 e. The fraction of sp³-hybridized carbons (Fsp3) is 0.111. The van der Waals surface area contributed by atoms with Gasteiger partial charge in [-0.2, -0.15) is 0 Å². The van der Waals surface area contributed by atoms with Gasteiger partial charge >= 0.3 is 0 Å². The van der Waals surface area contributed by atoms with Crippen LogP contribution in [-0.4, -0.2) is 27.7 Å². The molecule has 0 radical (unpaired) electrons. The van der Waals surface area contributed by atoms with Crippen molar-refractivity contribution in [3.63, 3.8) is 0 Å². The first kappa shape index (κ1) is 15.2. The zero-order chi connectivity index (χ0) is 17.2. The van der Waals surface area contributed by atoms with Crippen LogP contribution >= 0.6 is 0 Å². The van der Waals surface area contributed by atoms with Crippen LogP contribution in [0, 0.1) is 0 Å². The Kier molecular flexibility index (Phi) is 3.83. The predicted molar refractivity (Wildman–Crippen MR) is 92.3 cm³/mol. The molecule has 4 aromatic rings. The van der Waals surface area contributed by atoms with E-state index in [1.807, 2.05) is 28.8 Å². The minimum atomic E-state index is 0.381. The molecule has 0 atom stereocenters. The maximum atomic E-state index is 9.41. The van der Waals surface area contributed by atoms with Gasteiger partial charge in [0.25, 0.3) is 0 Å². The molecule has 0 saturated heterocycles. The van der Waals surface area contributed by atoms with Gasteiger partial charge in [-0.3, -0.25) is 0 Å². The lowest BCUT2D eigenvalue weighted by atomic mass is 10.2. The molecule has 1 aromatic carbocycles. The molecule has 3 N–H and O–H groups in total. The summed E-state index contributed by atoms with van der Waals surface area (Å²) in [6.45, 7) is 0.833. The number of ether oxygens (including phenoxy) is 1. The highest BCUT2D eigenvalue weighted by Gasteiger charge is 2.09. The summed E-state index contributed by atoms with van der Waals surface area (Å²) in [7, 11) is 0. The van der Waals surface area contributed by atoms with Crippen LogP contribution < -0.4 is 15.8 Å². The first-order valence-electron chi connectivity index (χ1n) is 7.80. The Hall–Kier alpha value is -3.32. The predicted octanol–water partition coefficient (Wildman–Crippen LogP) is 2.37. The number of aromatic nitrogens is 2. The summed E-state index contributed by atoms with van der Waals surface area (Å²) in [6, 6.07) is 12.8. The molecule has 0 aliphatic heterocycles. The molecule has 0 amide bonds.